The zero-order chi connectivity index (χ0) is 13.0. The number of rotatable bonds is 3. The quantitative estimate of drug-likeness (QED) is 0.524. The standard InChI is InChI=1S/C14H12INO2/c15-12-5-1-10(2-6-12)9-18-14(17)11-3-7-13(16)8-4-11/h1-8H,9,16H2. The van der Waals surface area contributed by atoms with Crippen LogP contribution >= 0.6 is 22.6 Å². The monoisotopic (exact) mass is 353 g/mol. The third kappa shape index (κ3) is 3.46. The van der Waals surface area contributed by atoms with E-state index in [1.807, 2.05) is 24.3 Å². The Morgan fingerprint density at radius 2 is 1.67 bits per heavy atom. The molecule has 0 aliphatic carbocycles. The van der Waals surface area contributed by atoms with Crippen molar-refractivity contribution >= 4 is 34.2 Å². The van der Waals surface area contributed by atoms with Gasteiger partial charge in [0, 0.05) is 9.26 Å². The molecule has 2 rings (SSSR count). The molecule has 0 radical (unpaired) electrons. The predicted octanol–water partition coefficient (Wildman–Crippen LogP) is 3.23. The summed E-state index contributed by atoms with van der Waals surface area (Å²) in [5, 5.41) is 0. The van der Waals surface area contributed by atoms with Crippen LogP contribution in [0.1, 0.15) is 15.9 Å². The highest BCUT2D eigenvalue weighted by Crippen LogP contribution is 2.10. The first-order valence-electron chi connectivity index (χ1n) is 5.42. The molecule has 3 nitrogen and oxygen atoms in total. The van der Waals surface area contributed by atoms with E-state index in [0.717, 1.165) is 9.13 Å². The van der Waals surface area contributed by atoms with Crippen LogP contribution in [0, 0.1) is 3.57 Å². The number of hydrogen-bond donors (Lipinski definition) is 1. The molecule has 0 atom stereocenters. The van der Waals surface area contributed by atoms with Gasteiger partial charge in [0.15, 0.2) is 0 Å². The number of benzene rings is 2. The number of nitrogens with two attached hydrogens (primary N) is 1. The first-order valence-corrected chi connectivity index (χ1v) is 6.50. The van der Waals surface area contributed by atoms with Gasteiger partial charge in [-0.2, -0.15) is 0 Å². The van der Waals surface area contributed by atoms with E-state index in [-0.39, 0.29) is 12.6 Å². The van der Waals surface area contributed by atoms with Crippen molar-refractivity contribution in [2.24, 2.45) is 0 Å². The molecule has 0 heterocycles. The molecular formula is C14H12INO2. The number of halogens is 1. The molecule has 18 heavy (non-hydrogen) atoms. The summed E-state index contributed by atoms with van der Waals surface area (Å²) in [4.78, 5) is 11.7. The average molecular weight is 353 g/mol. The van der Waals surface area contributed by atoms with Gasteiger partial charge in [-0.3, -0.25) is 0 Å². The molecule has 0 amide bonds. The Kier molecular flexibility index (Phi) is 4.19. The van der Waals surface area contributed by atoms with E-state index in [2.05, 4.69) is 22.6 Å². The smallest absolute Gasteiger partial charge is 0.338 e. The van der Waals surface area contributed by atoms with Crippen LogP contribution in [-0.2, 0) is 11.3 Å². The highest BCUT2D eigenvalue weighted by Gasteiger charge is 2.06. The lowest BCUT2D eigenvalue weighted by atomic mass is 10.2. The normalized spacial score (nSPS) is 10.1. The fraction of sp³-hybridized carbons (Fsp3) is 0.0714. The van der Waals surface area contributed by atoms with Gasteiger partial charge in [-0.25, -0.2) is 4.79 Å². The number of hydrogen-bond acceptors (Lipinski definition) is 3. The van der Waals surface area contributed by atoms with Gasteiger partial charge in [0.2, 0.25) is 0 Å². The van der Waals surface area contributed by atoms with Crippen molar-refractivity contribution in [3.8, 4) is 0 Å². The molecule has 0 spiro atoms. The summed E-state index contributed by atoms with van der Waals surface area (Å²) in [5.74, 6) is -0.339. The predicted molar refractivity (Wildman–Crippen MR) is 79.1 cm³/mol. The van der Waals surface area contributed by atoms with Crippen molar-refractivity contribution in [3.05, 3.63) is 63.2 Å². The lowest BCUT2D eigenvalue weighted by Crippen LogP contribution is -2.05. The summed E-state index contributed by atoms with van der Waals surface area (Å²) in [6.45, 7) is 0.278. The summed E-state index contributed by atoms with van der Waals surface area (Å²) in [7, 11) is 0. The van der Waals surface area contributed by atoms with Gasteiger partial charge in [-0.05, 0) is 64.6 Å². The number of carbonyl (C=O) groups is 1. The second kappa shape index (κ2) is 5.86. The molecule has 2 aromatic carbocycles. The third-order valence-corrected chi connectivity index (χ3v) is 3.15. The van der Waals surface area contributed by atoms with Crippen molar-refractivity contribution in [1.29, 1.82) is 0 Å². The summed E-state index contributed by atoms with van der Waals surface area (Å²) in [5.41, 5.74) is 7.66. The molecule has 2 N–H and O–H groups in total. The minimum absolute atomic E-state index is 0.278. The van der Waals surface area contributed by atoms with E-state index < -0.39 is 0 Å². The third-order valence-electron chi connectivity index (χ3n) is 2.43. The van der Waals surface area contributed by atoms with Gasteiger partial charge >= 0.3 is 5.97 Å². The Balaban J connectivity index is 1.96. The number of ether oxygens (including phenoxy) is 1. The topological polar surface area (TPSA) is 52.3 Å². The first kappa shape index (κ1) is 12.9. The molecule has 0 aliphatic rings. The van der Waals surface area contributed by atoms with Crippen molar-refractivity contribution in [2.45, 2.75) is 6.61 Å². The second-order valence-electron chi connectivity index (χ2n) is 3.82. The molecule has 0 saturated heterocycles. The SMILES string of the molecule is Nc1ccc(C(=O)OCc2ccc(I)cc2)cc1. The van der Waals surface area contributed by atoms with Crippen LogP contribution < -0.4 is 5.73 Å². The fourth-order valence-corrected chi connectivity index (χ4v) is 1.79. The highest BCUT2D eigenvalue weighted by molar-refractivity contribution is 14.1. The Hall–Kier alpha value is -1.56. The van der Waals surface area contributed by atoms with E-state index in [4.69, 9.17) is 10.5 Å². The zero-order valence-corrected chi connectivity index (χ0v) is 11.8. The fourth-order valence-electron chi connectivity index (χ4n) is 1.43. The van der Waals surface area contributed by atoms with Crippen LogP contribution in [0.25, 0.3) is 0 Å². The number of carbonyl (C=O) groups excluding carboxylic acids is 1. The van der Waals surface area contributed by atoms with Crippen molar-refractivity contribution < 1.29 is 9.53 Å². The second-order valence-corrected chi connectivity index (χ2v) is 5.07. The number of esters is 1. The molecule has 0 saturated carbocycles. The summed E-state index contributed by atoms with van der Waals surface area (Å²) < 4.78 is 6.37. The Morgan fingerprint density at radius 3 is 2.28 bits per heavy atom. The Labute approximate surface area is 119 Å². The van der Waals surface area contributed by atoms with Gasteiger partial charge in [0.25, 0.3) is 0 Å². The molecule has 0 fully saturated rings. The molecule has 4 heteroatoms. The van der Waals surface area contributed by atoms with Gasteiger partial charge in [0.1, 0.15) is 6.61 Å². The molecule has 2 aromatic rings. The van der Waals surface area contributed by atoms with E-state index in [1.165, 1.54) is 0 Å². The largest absolute Gasteiger partial charge is 0.457 e. The summed E-state index contributed by atoms with van der Waals surface area (Å²) >= 11 is 2.23. The number of anilines is 1. The zero-order valence-electron chi connectivity index (χ0n) is 9.60. The van der Waals surface area contributed by atoms with E-state index >= 15 is 0 Å². The molecule has 0 aromatic heterocycles. The van der Waals surface area contributed by atoms with Crippen molar-refractivity contribution in [1.82, 2.24) is 0 Å². The van der Waals surface area contributed by atoms with Crippen LogP contribution in [-0.4, -0.2) is 5.97 Å². The van der Waals surface area contributed by atoms with Gasteiger partial charge in [0.05, 0.1) is 5.56 Å². The molecule has 0 bridgehead atoms. The van der Waals surface area contributed by atoms with Crippen LogP contribution in [0.3, 0.4) is 0 Å². The van der Waals surface area contributed by atoms with Gasteiger partial charge in [-0.15, -0.1) is 0 Å². The average Bonchev–Trinajstić information content (AvgIpc) is 2.38. The maximum absolute atomic E-state index is 11.7. The lowest BCUT2D eigenvalue weighted by molar-refractivity contribution is 0.0473. The van der Waals surface area contributed by atoms with E-state index in [1.54, 1.807) is 24.3 Å². The molecule has 0 unspecified atom stereocenters. The van der Waals surface area contributed by atoms with E-state index in [9.17, 15) is 4.79 Å². The first-order chi connectivity index (χ1) is 8.65. The van der Waals surface area contributed by atoms with E-state index in [0.29, 0.717) is 11.3 Å². The lowest BCUT2D eigenvalue weighted by Gasteiger charge is -2.05. The van der Waals surface area contributed by atoms with Crippen LogP contribution in [0.2, 0.25) is 0 Å². The number of nitrogen functional groups attached to an aromatic ring is 1. The Bertz CT molecular complexity index is 535. The molecule has 92 valence electrons. The van der Waals surface area contributed by atoms with Crippen molar-refractivity contribution in [3.63, 3.8) is 0 Å². The maximum Gasteiger partial charge on any atom is 0.338 e. The van der Waals surface area contributed by atoms with Crippen LogP contribution in [0.5, 0.6) is 0 Å². The minimum Gasteiger partial charge on any atom is -0.457 e. The summed E-state index contributed by atoms with van der Waals surface area (Å²) in [6.07, 6.45) is 0. The highest BCUT2D eigenvalue weighted by atomic mass is 127. The van der Waals surface area contributed by atoms with Crippen LogP contribution in [0.15, 0.2) is 48.5 Å². The molecule has 0 aliphatic heterocycles. The molecular weight excluding hydrogens is 341 g/mol. The minimum atomic E-state index is -0.339. The maximum atomic E-state index is 11.7. The van der Waals surface area contributed by atoms with Crippen molar-refractivity contribution in [2.75, 3.05) is 5.73 Å². The van der Waals surface area contributed by atoms with Gasteiger partial charge in [-0.1, -0.05) is 12.1 Å². The van der Waals surface area contributed by atoms with Crippen LogP contribution in [0.4, 0.5) is 5.69 Å². The summed E-state index contributed by atoms with van der Waals surface area (Å²) in [6, 6.07) is 14.5. The van der Waals surface area contributed by atoms with Gasteiger partial charge < -0.3 is 10.5 Å². The Morgan fingerprint density at radius 1 is 1.06 bits per heavy atom.